The number of hydrogen-bond acceptors (Lipinski definition) is 7. The minimum Gasteiger partial charge on any atom is -0.490 e. The third-order valence-electron chi connectivity index (χ3n) is 5.48. The number of rotatable bonds is 5. The number of hydrogen-bond donors (Lipinski definition) is 0. The fourth-order valence-electron chi connectivity index (χ4n) is 3.97. The van der Waals surface area contributed by atoms with Gasteiger partial charge in [-0.15, -0.1) is 10.2 Å². The van der Waals surface area contributed by atoms with Crippen molar-refractivity contribution in [1.82, 2.24) is 15.1 Å². The Hall–Kier alpha value is -3.00. The Morgan fingerprint density at radius 2 is 1.87 bits per heavy atom. The Morgan fingerprint density at radius 3 is 2.74 bits per heavy atom. The summed E-state index contributed by atoms with van der Waals surface area (Å²) in [7, 11) is 0. The summed E-state index contributed by atoms with van der Waals surface area (Å²) in [5, 5.41) is 8.56. The van der Waals surface area contributed by atoms with Crippen molar-refractivity contribution in [1.29, 1.82) is 0 Å². The minimum absolute atomic E-state index is 0.0489. The first-order valence-electron chi connectivity index (χ1n) is 10.5. The lowest BCUT2D eigenvalue weighted by atomic mass is 10.0. The number of carbonyl (C=O) groups excluding carboxylic acids is 1. The lowest BCUT2D eigenvalue weighted by Gasteiger charge is -2.25. The molecule has 31 heavy (non-hydrogen) atoms. The number of thioether (sulfide) groups is 1. The van der Waals surface area contributed by atoms with E-state index in [0.29, 0.717) is 24.3 Å². The molecular formula is C23H23N3O4S. The van der Waals surface area contributed by atoms with Gasteiger partial charge in [-0.1, -0.05) is 36.0 Å². The Kier molecular flexibility index (Phi) is 5.80. The van der Waals surface area contributed by atoms with E-state index in [1.807, 2.05) is 53.4 Å². The monoisotopic (exact) mass is 437 g/mol. The van der Waals surface area contributed by atoms with Crippen LogP contribution in [0.25, 0.3) is 11.5 Å². The number of amides is 1. The highest BCUT2D eigenvalue weighted by atomic mass is 32.2. The van der Waals surface area contributed by atoms with Crippen LogP contribution in [0.1, 0.15) is 30.9 Å². The first kappa shape index (κ1) is 19.9. The van der Waals surface area contributed by atoms with Gasteiger partial charge in [0.1, 0.15) is 0 Å². The van der Waals surface area contributed by atoms with E-state index in [1.165, 1.54) is 11.8 Å². The van der Waals surface area contributed by atoms with Crippen LogP contribution in [0.3, 0.4) is 0 Å². The normalized spacial score (nSPS) is 18.1. The highest BCUT2D eigenvalue weighted by molar-refractivity contribution is 7.99. The zero-order chi connectivity index (χ0) is 21.0. The van der Waals surface area contributed by atoms with Crippen molar-refractivity contribution >= 4 is 17.7 Å². The quantitative estimate of drug-likeness (QED) is 0.549. The largest absolute Gasteiger partial charge is 0.490 e. The van der Waals surface area contributed by atoms with Gasteiger partial charge >= 0.3 is 0 Å². The molecule has 2 aliphatic rings. The van der Waals surface area contributed by atoms with Crippen LogP contribution in [0, 0.1) is 0 Å². The Balaban J connectivity index is 1.24. The lowest BCUT2D eigenvalue weighted by molar-refractivity contribution is -0.129. The van der Waals surface area contributed by atoms with E-state index in [4.69, 9.17) is 13.9 Å². The van der Waals surface area contributed by atoms with Gasteiger partial charge in [0.25, 0.3) is 5.22 Å². The van der Waals surface area contributed by atoms with Gasteiger partial charge in [0.2, 0.25) is 11.8 Å². The molecule has 0 saturated carbocycles. The third-order valence-corrected chi connectivity index (χ3v) is 6.28. The van der Waals surface area contributed by atoms with Crippen molar-refractivity contribution < 1.29 is 18.7 Å². The van der Waals surface area contributed by atoms with Gasteiger partial charge in [-0.3, -0.25) is 4.79 Å². The van der Waals surface area contributed by atoms with E-state index in [9.17, 15) is 4.79 Å². The van der Waals surface area contributed by atoms with Crippen LogP contribution in [0.15, 0.2) is 58.2 Å². The second kappa shape index (κ2) is 9.01. The van der Waals surface area contributed by atoms with Crippen LogP contribution in [0.5, 0.6) is 11.5 Å². The van der Waals surface area contributed by atoms with Crippen LogP contribution in [0.4, 0.5) is 0 Å². The molecule has 3 aromatic rings. The van der Waals surface area contributed by atoms with Crippen LogP contribution < -0.4 is 9.47 Å². The van der Waals surface area contributed by atoms with Crippen molar-refractivity contribution in [2.24, 2.45) is 0 Å². The highest BCUT2D eigenvalue weighted by Gasteiger charge is 2.31. The molecule has 2 aliphatic heterocycles. The molecule has 0 bridgehead atoms. The third kappa shape index (κ3) is 4.39. The lowest BCUT2D eigenvalue weighted by Crippen LogP contribution is -2.32. The average molecular weight is 438 g/mol. The van der Waals surface area contributed by atoms with Crippen molar-refractivity contribution in [3.05, 3.63) is 54.1 Å². The van der Waals surface area contributed by atoms with Gasteiger partial charge in [0.15, 0.2) is 11.5 Å². The van der Waals surface area contributed by atoms with Gasteiger partial charge in [0.05, 0.1) is 25.0 Å². The predicted octanol–water partition coefficient (Wildman–Crippen LogP) is 4.35. The van der Waals surface area contributed by atoms with Gasteiger partial charge in [-0.25, -0.2) is 0 Å². The van der Waals surface area contributed by atoms with E-state index in [-0.39, 0.29) is 17.7 Å². The summed E-state index contributed by atoms with van der Waals surface area (Å²) >= 11 is 1.28. The fraction of sp³-hybridized carbons (Fsp3) is 0.348. The highest BCUT2D eigenvalue weighted by Crippen LogP contribution is 2.38. The predicted molar refractivity (Wildman–Crippen MR) is 116 cm³/mol. The standard InChI is InChI=1S/C23H23N3O4S/c27-21(15-31-23-25-24-22(30-23)16-6-2-1-3-7-16)26-11-4-8-18(26)17-9-10-19-20(14-17)29-13-5-12-28-19/h1-3,6-7,9-10,14,18H,4-5,8,11-13,15H2/t18-/m1/s1. The zero-order valence-electron chi connectivity index (χ0n) is 17.0. The topological polar surface area (TPSA) is 77.7 Å². The molecule has 7 nitrogen and oxygen atoms in total. The van der Waals surface area contributed by atoms with E-state index < -0.39 is 0 Å². The molecule has 3 heterocycles. The minimum atomic E-state index is 0.0489. The molecule has 0 radical (unpaired) electrons. The molecule has 5 rings (SSSR count). The molecule has 0 spiro atoms. The van der Waals surface area contributed by atoms with Crippen molar-refractivity contribution in [3.8, 4) is 23.0 Å². The van der Waals surface area contributed by atoms with Gasteiger partial charge in [0, 0.05) is 18.5 Å². The number of carbonyl (C=O) groups is 1. The van der Waals surface area contributed by atoms with E-state index >= 15 is 0 Å². The van der Waals surface area contributed by atoms with E-state index in [2.05, 4.69) is 10.2 Å². The molecule has 1 atom stereocenters. The molecule has 1 saturated heterocycles. The van der Waals surface area contributed by atoms with Gasteiger partial charge in [-0.2, -0.15) is 0 Å². The first-order chi connectivity index (χ1) is 15.3. The maximum Gasteiger partial charge on any atom is 0.277 e. The molecule has 8 heteroatoms. The molecule has 0 N–H and O–H groups in total. The number of benzene rings is 2. The Bertz CT molecular complexity index is 1060. The molecule has 1 aromatic heterocycles. The number of nitrogens with zero attached hydrogens (tertiary/aromatic N) is 3. The average Bonchev–Trinajstić information content (AvgIpc) is 3.43. The molecule has 2 aromatic carbocycles. The van der Waals surface area contributed by atoms with Crippen LogP contribution in [0.2, 0.25) is 0 Å². The smallest absolute Gasteiger partial charge is 0.277 e. The first-order valence-corrected chi connectivity index (χ1v) is 11.5. The van der Waals surface area contributed by atoms with Crippen molar-refractivity contribution in [2.75, 3.05) is 25.5 Å². The molecular weight excluding hydrogens is 414 g/mol. The van der Waals surface area contributed by atoms with E-state index in [1.54, 1.807) is 0 Å². The molecule has 1 amide bonds. The summed E-state index contributed by atoms with van der Waals surface area (Å²) < 4.78 is 17.3. The van der Waals surface area contributed by atoms with Gasteiger partial charge in [-0.05, 0) is 42.7 Å². The molecule has 0 aliphatic carbocycles. The van der Waals surface area contributed by atoms with Crippen LogP contribution >= 0.6 is 11.8 Å². The molecule has 1 fully saturated rings. The summed E-state index contributed by atoms with van der Waals surface area (Å²) in [6.45, 7) is 2.06. The summed E-state index contributed by atoms with van der Waals surface area (Å²) in [5.41, 5.74) is 1.95. The fourth-order valence-corrected chi connectivity index (χ4v) is 4.62. The maximum absolute atomic E-state index is 13.0. The van der Waals surface area contributed by atoms with Crippen LogP contribution in [-0.4, -0.2) is 46.5 Å². The number of ether oxygens (including phenoxy) is 2. The maximum atomic E-state index is 13.0. The zero-order valence-corrected chi connectivity index (χ0v) is 17.8. The number of aromatic nitrogens is 2. The SMILES string of the molecule is O=C(CSc1nnc(-c2ccccc2)o1)N1CCC[C@@H]1c1ccc2c(c1)OCCCO2. The number of fused-ring (bicyclic) bond motifs is 1. The second-order valence-electron chi connectivity index (χ2n) is 7.53. The number of likely N-dealkylation sites (tertiary alicyclic amines) is 1. The van der Waals surface area contributed by atoms with E-state index in [0.717, 1.165) is 48.4 Å². The Labute approximate surface area is 184 Å². The summed E-state index contributed by atoms with van der Waals surface area (Å²) in [6, 6.07) is 15.7. The van der Waals surface area contributed by atoms with Crippen LogP contribution in [-0.2, 0) is 4.79 Å². The molecule has 0 unspecified atom stereocenters. The summed E-state index contributed by atoms with van der Waals surface area (Å²) in [5.74, 6) is 2.33. The second-order valence-corrected chi connectivity index (χ2v) is 8.46. The summed E-state index contributed by atoms with van der Waals surface area (Å²) in [4.78, 5) is 14.9. The Morgan fingerprint density at radius 1 is 1.03 bits per heavy atom. The molecule has 160 valence electrons. The van der Waals surface area contributed by atoms with Crippen molar-refractivity contribution in [2.45, 2.75) is 30.5 Å². The summed E-state index contributed by atoms with van der Waals surface area (Å²) in [6.07, 6.45) is 2.79. The van der Waals surface area contributed by atoms with Gasteiger partial charge < -0.3 is 18.8 Å². The van der Waals surface area contributed by atoms with Crippen molar-refractivity contribution in [3.63, 3.8) is 0 Å².